The number of hydrogen-bond donors (Lipinski definition) is 1. The van der Waals surface area contributed by atoms with Gasteiger partial charge in [0.25, 0.3) is 0 Å². The highest BCUT2D eigenvalue weighted by Gasteiger charge is 2.11. The summed E-state index contributed by atoms with van der Waals surface area (Å²) in [6.45, 7) is 0. The Morgan fingerprint density at radius 3 is 2.27 bits per heavy atom. The normalized spacial score (nSPS) is 12.1. The third-order valence-electron chi connectivity index (χ3n) is 3.15. The van der Waals surface area contributed by atoms with E-state index in [1.54, 1.807) is 26.4 Å². The van der Waals surface area contributed by atoms with Gasteiger partial charge in [-0.1, -0.05) is 47.1 Å². The molecule has 2 aromatic rings. The summed E-state index contributed by atoms with van der Waals surface area (Å²) in [5.41, 5.74) is 2.19. The van der Waals surface area contributed by atoms with E-state index in [9.17, 15) is 0 Å². The topological polar surface area (TPSA) is 51.0 Å². The molecule has 0 aliphatic heterocycles. The molecule has 0 aliphatic rings. The number of nitrogens with zero attached hydrogens (tertiary/aromatic N) is 1. The van der Waals surface area contributed by atoms with Gasteiger partial charge in [-0.3, -0.25) is 0 Å². The Bertz CT molecular complexity index is 696. The van der Waals surface area contributed by atoms with E-state index in [0.717, 1.165) is 11.1 Å². The number of oxime groups is 1. The number of ether oxygens (including phenoxy) is 2. The lowest BCUT2D eigenvalue weighted by molar-refractivity contribution is 0.322. The van der Waals surface area contributed by atoms with Crippen LogP contribution in [0.5, 0.6) is 11.5 Å². The van der Waals surface area contributed by atoms with E-state index in [1.165, 1.54) is 6.21 Å². The molecular weight excluding hydrogens is 302 g/mol. The van der Waals surface area contributed by atoms with Gasteiger partial charge in [-0.15, -0.1) is 0 Å². The Hall–Kier alpha value is -2.46. The van der Waals surface area contributed by atoms with E-state index < -0.39 is 0 Å². The average molecular weight is 318 g/mol. The maximum absolute atomic E-state index is 8.91. The highest BCUT2D eigenvalue weighted by Crippen LogP contribution is 2.34. The molecule has 0 saturated heterocycles. The SMILES string of the molecule is COc1ccc(/C(Cl)=C(\C=N/O)c2ccccc2)cc1OC. The zero-order valence-electron chi connectivity index (χ0n) is 12.3. The lowest BCUT2D eigenvalue weighted by atomic mass is 10.0. The number of hydrogen-bond acceptors (Lipinski definition) is 4. The van der Waals surface area contributed by atoms with Gasteiger partial charge in [0.1, 0.15) is 0 Å². The van der Waals surface area contributed by atoms with Crippen LogP contribution in [0.2, 0.25) is 0 Å². The standard InChI is InChI=1S/C17H16ClNO3/c1-21-15-9-8-13(10-16(15)22-2)17(18)14(11-19-20)12-6-4-3-5-7-12/h3-11,20H,1-2H3/b17-14-,19-11-. The van der Waals surface area contributed by atoms with E-state index in [2.05, 4.69) is 5.16 Å². The summed E-state index contributed by atoms with van der Waals surface area (Å²) >= 11 is 6.49. The lowest BCUT2D eigenvalue weighted by Gasteiger charge is -2.11. The smallest absolute Gasteiger partial charge is 0.161 e. The summed E-state index contributed by atoms with van der Waals surface area (Å²) in [7, 11) is 3.13. The second-order valence-electron chi connectivity index (χ2n) is 4.41. The largest absolute Gasteiger partial charge is 0.493 e. The van der Waals surface area contributed by atoms with Gasteiger partial charge < -0.3 is 14.7 Å². The highest BCUT2D eigenvalue weighted by atomic mass is 35.5. The van der Waals surface area contributed by atoms with E-state index >= 15 is 0 Å². The molecule has 0 radical (unpaired) electrons. The van der Waals surface area contributed by atoms with Gasteiger partial charge in [-0.25, -0.2) is 0 Å². The van der Waals surface area contributed by atoms with Gasteiger partial charge in [-0.05, 0) is 29.3 Å². The molecule has 114 valence electrons. The Balaban J connectivity index is 2.56. The molecule has 0 aliphatic carbocycles. The van der Waals surface area contributed by atoms with Crippen molar-refractivity contribution < 1.29 is 14.7 Å². The molecule has 0 heterocycles. The van der Waals surface area contributed by atoms with Crippen molar-refractivity contribution in [3.05, 3.63) is 59.7 Å². The number of methoxy groups -OCH3 is 2. The quantitative estimate of drug-likeness (QED) is 0.388. The van der Waals surface area contributed by atoms with Crippen LogP contribution in [0.4, 0.5) is 0 Å². The fraction of sp³-hybridized carbons (Fsp3) is 0.118. The van der Waals surface area contributed by atoms with Crippen molar-refractivity contribution >= 4 is 28.4 Å². The molecule has 5 heteroatoms. The van der Waals surface area contributed by atoms with Gasteiger partial charge in [-0.2, -0.15) is 0 Å². The maximum Gasteiger partial charge on any atom is 0.161 e. The van der Waals surface area contributed by atoms with Crippen LogP contribution >= 0.6 is 11.6 Å². The molecule has 0 atom stereocenters. The van der Waals surface area contributed by atoms with Crippen molar-refractivity contribution in [1.82, 2.24) is 0 Å². The first-order valence-corrected chi connectivity index (χ1v) is 6.94. The number of allylic oxidation sites excluding steroid dienone is 1. The Labute approximate surface area is 134 Å². The van der Waals surface area contributed by atoms with Crippen LogP contribution in [0, 0.1) is 0 Å². The average Bonchev–Trinajstić information content (AvgIpc) is 2.59. The minimum absolute atomic E-state index is 0.449. The molecule has 0 amide bonds. The first-order valence-electron chi connectivity index (χ1n) is 6.56. The monoisotopic (exact) mass is 317 g/mol. The van der Waals surface area contributed by atoms with Gasteiger partial charge in [0, 0.05) is 5.57 Å². The van der Waals surface area contributed by atoms with Gasteiger partial charge in [0.15, 0.2) is 11.5 Å². The number of halogens is 1. The van der Waals surface area contributed by atoms with E-state index in [0.29, 0.717) is 22.1 Å². The first kappa shape index (κ1) is 15.9. The van der Waals surface area contributed by atoms with Gasteiger partial charge >= 0.3 is 0 Å². The summed E-state index contributed by atoms with van der Waals surface area (Å²) in [6.07, 6.45) is 1.31. The van der Waals surface area contributed by atoms with Crippen LogP contribution in [-0.4, -0.2) is 25.6 Å². The second kappa shape index (κ2) is 7.52. The van der Waals surface area contributed by atoms with Gasteiger partial charge in [0.2, 0.25) is 0 Å². The predicted molar refractivity (Wildman–Crippen MR) is 88.9 cm³/mol. The van der Waals surface area contributed by atoms with Crippen LogP contribution < -0.4 is 9.47 Å². The summed E-state index contributed by atoms with van der Waals surface area (Å²) in [5.74, 6) is 1.19. The minimum Gasteiger partial charge on any atom is -0.493 e. The summed E-state index contributed by atoms with van der Waals surface area (Å²) < 4.78 is 10.5. The molecule has 0 spiro atoms. The lowest BCUT2D eigenvalue weighted by Crippen LogP contribution is -1.94. The van der Waals surface area contributed by atoms with E-state index in [4.69, 9.17) is 26.3 Å². The summed E-state index contributed by atoms with van der Waals surface area (Å²) in [5, 5.41) is 12.5. The van der Waals surface area contributed by atoms with Crippen LogP contribution in [0.3, 0.4) is 0 Å². The molecule has 1 N–H and O–H groups in total. The second-order valence-corrected chi connectivity index (χ2v) is 4.79. The molecule has 0 bridgehead atoms. The molecule has 0 unspecified atom stereocenters. The zero-order valence-corrected chi connectivity index (χ0v) is 13.0. The van der Waals surface area contributed by atoms with Gasteiger partial charge in [0.05, 0.1) is 25.5 Å². The Morgan fingerprint density at radius 1 is 1.00 bits per heavy atom. The van der Waals surface area contributed by atoms with Crippen molar-refractivity contribution in [1.29, 1.82) is 0 Å². The Kier molecular flexibility index (Phi) is 5.44. The molecule has 0 saturated carbocycles. The van der Waals surface area contributed by atoms with E-state index in [1.807, 2.05) is 36.4 Å². The third kappa shape index (κ3) is 3.40. The van der Waals surface area contributed by atoms with E-state index in [-0.39, 0.29) is 0 Å². The van der Waals surface area contributed by atoms with Crippen molar-refractivity contribution in [2.75, 3.05) is 14.2 Å². The molecule has 4 nitrogen and oxygen atoms in total. The van der Waals surface area contributed by atoms with Crippen LogP contribution in [0.25, 0.3) is 10.6 Å². The highest BCUT2D eigenvalue weighted by molar-refractivity contribution is 6.56. The van der Waals surface area contributed by atoms with Crippen molar-refractivity contribution in [3.8, 4) is 11.5 Å². The van der Waals surface area contributed by atoms with Crippen LogP contribution in [0.15, 0.2) is 53.7 Å². The molecular formula is C17H16ClNO3. The van der Waals surface area contributed by atoms with Crippen molar-refractivity contribution in [2.45, 2.75) is 0 Å². The number of rotatable bonds is 5. The third-order valence-corrected chi connectivity index (χ3v) is 3.57. The molecule has 2 rings (SSSR count). The summed E-state index contributed by atoms with van der Waals surface area (Å²) in [6, 6.07) is 14.8. The molecule has 22 heavy (non-hydrogen) atoms. The first-order chi connectivity index (χ1) is 10.7. The number of benzene rings is 2. The van der Waals surface area contributed by atoms with Crippen molar-refractivity contribution in [2.24, 2.45) is 5.16 Å². The maximum atomic E-state index is 8.91. The zero-order chi connectivity index (χ0) is 15.9. The molecule has 2 aromatic carbocycles. The molecule has 0 aromatic heterocycles. The van der Waals surface area contributed by atoms with Crippen molar-refractivity contribution in [3.63, 3.8) is 0 Å². The van der Waals surface area contributed by atoms with Crippen LogP contribution in [-0.2, 0) is 0 Å². The minimum atomic E-state index is 0.449. The predicted octanol–water partition coefficient (Wildman–Crippen LogP) is 4.27. The Morgan fingerprint density at radius 2 is 1.68 bits per heavy atom. The summed E-state index contributed by atoms with van der Waals surface area (Å²) in [4.78, 5) is 0. The van der Waals surface area contributed by atoms with Crippen LogP contribution in [0.1, 0.15) is 11.1 Å². The molecule has 0 fully saturated rings. The fourth-order valence-electron chi connectivity index (χ4n) is 2.06. The fourth-order valence-corrected chi connectivity index (χ4v) is 2.34.